The van der Waals surface area contributed by atoms with Crippen LogP contribution in [0.15, 0.2) is 30.3 Å². The molecule has 3 amide bonds. The molecule has 0 radical (unpaired) electrons. The molecular formula is C23H37N5O2. The maximum Gasteiger partial charge on any atom is 0.317 e. The summed E-state index contributed by atoms with van der Waals surface area (Å²) in [7, 11) is 2.03. The number of likely N-dealkylation sites (N-methyl/N-ethyl adjacent to an activating group) is 1. The Morgan fingerprint density at radius 2 is 1.63 bits per heavy atom. The Balaban J connectivity index is 1.34. The van der Waals surface area contributed by atoms with Gasteiger partial charge >= 0.3 is 6.03 Å². The van der Waals surface area contributed by atoms with Crippen LogP contribution in [0.5, 0.6) is 0 Å². The lowest BCUT2D eigenvalue weighted by molar-refractivity contribution is -0.135. The molecule has 1 N–H and O–H groups in total. The molecule has 2 unspecified atom stereocenters. The van der Waals surface area contributed by atoms with E-state index in [0.717, 1.165) is 38.4 Å². The van der Waals surface area contributed by atoms with Crippen molar-refractivity contribution in [1.82, 2.24) is 20.0 Å². The van der Waals surface area contributed by atoms with Gasteiger partial charge in [-0.15, -0.1) is 0 Å². The maximum atomic E-state index is 12.7. The van der Waals surface area contributed by atoms with Crippen molar-refractivity contribution in [3.8, 4) is 0 Å². The largest absolute Gasteiger partial charge is 0.373 e. The van der Waals surface area contributed by atoms with E-state index in [-0.39, 0.29) is 11.9 Å². The van der Waals surface area contributed by atoms with Crippen LogP contribution in [-0.4, -0.2) is 92.6 Å². The minimum Gasteiger partial charge on any atom is -0.373 e. The Morgan fingerprint density at radius 3 is 2.27 bits per heavy atom. The molecule has 2 aliphatic rings. The smallest absolute Gasteiger partial charge is 0.317 e. The summed E-state index contributed by atoms with van der Waals surface area (Å²) in [4.78, 5) is 33.3. The van der Waals surface area contributed by atoms with Crippen molar-refractivity contribution >= 4 is 17.6 Å². The van der Waals surface area contributed by atoms with Gasteiger partial charge in [-0.1, -0.05) is 32.0 Å². The Kier molecular flexibility index (Phi) is 7.96. The number of piperidine rings is 1. The lowest BCUT2D eigenvalue weighted by atomic mass is 9.92. The number of rotatable bonds is 6. The zero-order chi connectivity index (χ0) is 21.5. The second-order valence-corrected chi connectivity index (χ2v) is 9.00. The van der Waals surface area contributed by atoms with Crippen molar-refractivity contribution in [1.29, 1.82) is 0 Å². The first-order valence-corrected chi connectivity index (χ1v) is 11.2. The van der Waals surface area contributed by atoms with Crippen molar-refractivity contribution in [3.05, 3.63) is 30.3 Å². The Hall–Kier alpha value is -2.28. The Morgan fingerprint density at radius 1 is 1.00 bits per heavy atom. The van der Waals surface area contributed by atoms with Crippen LogP contribution in [0.1, 0.15) is 20.3 Å². The summed E-state index contributed by atoms with van der Waals surface area (Å²) in [5.41, 5.74) is 1.14. The fourth-order valence-corrected chi connectivity index (χ4v) is 4.52. The third-order valence-corrected chi connectivity index (χ3v) is 6.16. The summed E-state index contributed by atoms with van der Waals surface area (Å²) >= 11 is 0. The molecule has 2 fully saturated rings. The van der Waals surface area contributed by atoms with E-state index in [1.54, 1.807) is 0 Å². The van der Waals surface area contributed by atoms with Crippen molar-refractivity contribution in [3.63, 3.8) is 0 Å². The van der Waals surface area contributed by atoms with Crippen molar-refractivity contribution < 1.29 is 9.59 Å². The quantitative estimate of drug-likeness (QED) is 0.772. The molecule has 166 valence electrons. The van der Waals surface area contributed by atoms with Crippen LogP contribution in [0.3, 0.4) is 0 Å². The summed E-state index contributed by atoms with van der Waals surface area (Å²) in [6.07, 6.45) is 1.21. The molecule has 7 heteroatoms. The predicted molar refractivity (Wildman–Crippen MR) is 121 cm³/mol. The minimum absolute atomic E-state index is 0.0129. The van der Waals surface area contributed by atoms with Crippen LogP contribution in [0, 0.1) is 11.8 Å². The van der Waals surface area contributed by atoms with Crippen LogP contribution in [-0.2, 0) is 4.79 Å². The highest BCUT2D eigenvalue weighted by Crippen LogP contribution is 2.21. The fourth-order valence-electron chi connectivity index (χ4n) is 4.52. The molecule has 0 saturated carbocycles. The van der Waals surface area contributed by atoms with E-state index in [4.69, 9.17) is 0 Å². The van der Waals surface area contributed by atoms with Gasteiger partial charge < -0.3 is 20.0 Å². The maximum absolute atomic E-state index is 12.7. The number of urea groups is 1. The SMILES string of the molecule is CC1CC(C)CN(C(=O)CN2CCN(C(=O)NCCN(C)c3ccccc3)CC2)C1. The van der Waals surface area contributed by atoms with Gasteiger partial charge in [-0.05, 0) is 30.4 Å². The van der Waals surface area contributed by atoms with Crippen LogP contribution >= 0.6 is 0 Å². The van der Waals surface area contributed by atoms with Crippen LogP contribution in [0.4, 0.5) is 10.5 Å². The van der Waals surface area contributed by atoms with Crippen LogP contribution in [0.25, 0.3) is 0 Å². The molecule has 1 aromatic carbocycles. The second-order valence-electron chi connectivity index (χ2n) is 9.00. The fraction of sp³-hybridized carbons (Fsp3) is 0.652. The molecule has 7 nitrogen and oxygen atoms in total. The molecule has 0 aliphatic carbocycles. The number of hydrogen-bond acceptors (Lipinski definition) is 4. The highest BCUT2D eigenvalue weighted by atomic mass is 16.2. The summed E-state index contributed by atoms with van der Waals surface area (Å²) in [5.74, 6) is 1.40. The van der Waals surface area contributed by atoms with E-state index < -0.39 is 0 Å². The molecule has 1 aromatic rings. The van der Waals surface area contributed by atoms with Gasteiger partial charge in [-0.3, -0.25) is 9.69 Å². The molecule has 2 aliphatic heterocycles. The number of anilines is 1. The molecule has 0 aromatic heterocycles. The van der Waals surface area contributed by atoms with E-state index >= 15 is 0 Å². The second kappa shape index (κ2) is 10.7. The van der Waals surface area contributed by atoms with Gasteiger partial charge in [0.15, 0.2) is 0 Å². The van der Waals surface area contributed by atoms with Crippen molar-refractivity contribution in [2.75, 3.05) is 70.9 Å². The molecule has 2 heterocycles. The van der Waals surface area contributed by atoms with E-state index in [9.17, 15) is 9.59 Å². The summed E-state index contributed by atoms with van der Waals surface area (Å²) in [6, 6.07) is 10.1. The number of para-hydroxylation sites is 1. The van der Waals surface area contributed by atoms with Crippen molar-refractivity contribution in [2.45, 2.75) is 20.3 Å². The van der Waals surface area contributed by atoms with E-state index in [2.05, 4.69) is 41.1 Å². The first kappa shape index (κ1) is 22.4. The number of benzene rings is 1. The number of likely N-dealkylation sites (tertiary alicyclic amines) is 1. The van der Waals surface area contributed by atoms with Crippen LogP contribution < -0.4 is 10.2 Å². The van der Waals surface area contributed by atoms with Gasteiger partial charge in [0, 0.05) is 65.1 Å². The van der Waals surface area contributed by atoms with E-state index in [1.807, 2.05) is 35.0 Å². The van der Waals surface area contributed by atoms with Crippen molar-refractivity contribution in [2.24, 2.45) is 11.8 Å². The molecule has 2 saturated heterocycles. The number of carbonyl (C=O) groups is 2. The third kappa shape index (κ3) is 6.36. The first-order valence-electron chi connectivity index (χ1n) is 11.2. The molecule has 2 atom stereocenters. The van der Waals surface area contributed by atoms with Gasteiger partial charge in [0.2, 0.25) is 5.91 Å². The standard InChI is InChI=1S/C23H37N5O2/c1-19-15-20(2)17-28(16-19)22(29)18-26-11-13-27(14-12-26)23(30)24-9-10-25(3)21-7-5-4-6-8-21/h4-8,19-20H,9-18H2,1-3H3,(H,24,30). The highest BCUT2D eigenvalue weighted by Gasteiger charge is 2.28. The topological polar surface area (TPSA) is 59.1 Å². The Bertz CT molecular complexity index is 680. The van der Waals surface area contributed by atoms with E-state index in [0.29, 0.717) is 38.0 Å². The van der Waals surface area contributed by atoms with Crippen LogP contribution in [0.2, 0.25) is 0 Å². The zero-order valence-electron chi connectivity index (χ0n) is 18.7. The van der Waals surface area contributed by atoms with Gasteiger partial charge in [-0.25, -0.2) is 4.79 Å². The molecule has 0 bridgehead atoms. The van der Waals surface area contributed by atoms with Gasteiger partial charge in [-0.2, -0.15) is 0 Å². The number of amides is 3. The van der Waals surface area contributed by atoms with Gasteiger partial charge in [0.05, 0.1) is 6.54 Å². The Labute approximate surface area is 181 Å². The summed E-state index contributed by atoms with van der Waals surface area (Å²) in [5, 5.41) is 3.02. The number of hydrogen-bond donors (Lipinski definition) is 1. The average Bonchev–Trinajstić information content (AvgIpc) is 2.74. The number of nitrogens with zero attached hydrogens (tertiary/aromatic N) is 4. The van der Waals surface area contributed by atoms with Gasteiger partial charge in [0.1, 0.15) is 0 Å². The lowest BCUT2D eigenvalue weighted by Crippen LogP contribution is -2.55. The molecule has 3 rings (SSSR count). The third-order valence-electron chi connectivity index (χ3n) is 6.16. The molecule has 30 heavy (non-hydrogen) atoms. The highest BCUT2D eigenvalue weighted by molar-refractivity contribution is 5.78. The average molecular weight is 416 g/mol. The number of carbonyl (C=O) groups excluding carboxylic acids is 2. The number of nitrogens with one attached hydrogen (secondary N) is 1. The predicted octanol–water partition coefficient (Wildman–Crippen LogP) is 1.95. The minimum atomic E-state index is -0.0129. The normalized spacial score (nSPS) is 22.6. The van der Waals surface area contributed by atoms with E-state index in [1.165, 1.54) is 6.42 Å². The summed E-state index contributed by atoms with van der Waals surface area (Å²) in [6.45, 7) is 10.9. The lowest BCUT2D eigenvalue weighted by Gasteiger charge is -2.38. The first-order chi connectivity index (χ1) is 14.4. The molecule has 0 spiro atoms. The summed E-state index contributed by atoms with van der Waals surface area (Å²) < 4.78 is 0. The monoisotopic (exact) mass is 415 g/mol. The number of piperazine rings is 1. The van der Waals surface area contributed by atoms with Gasteiger partial charge in [0.25, 0.3) is 0 Å². The zero-order valence-corrected chi connectivity index (χ0v) is 18.7. The molecular weight excluding hydrogens is 378 g/mol.